The van der Waals surface area contributed by atoms with Gasteiger partial charge in [-0.3, -0.25) is 15.1 Å². The van der Waals surface area contributed by atoms with Gasteiger partial charge in [-0.05, 0) is 62.9 Å². The molecular formula is C21H30N4O2. The summed E-state index contributed by atoms with van der Waals surface area (Å²) in [5.74, 6) is 2.19. The number of carbonyl (C=O) groups excluding carboxylic acids is 1. The third kappa shape index (κ3) is 2.85. The van der Waals surface area contributed by atoms with Gasteiger partial charge in [0.15, 0.2) is 0 Å². The second-order valence-corrected chi connectivity index (χ2v) is 8.71. The largest absolute Gasteiger partial charge is 0.497 e. The van der Waals surface area contributed by atoms with Crippen molar-refractivity contribution < 1.29 is 9.53 Å². The summed E-state index contributed by atoms with van der Waals surface area (Å²) < 4.78 is 5.47. The van der Waals surface area contributed by atoms with Crippen LogP contribution in [0.1, 0.15) is 37.7 Å². The van der Waals surface area contributed by atoms with Crippen molar-refractivity contribution in [2.45, 2.75) is 56.3 Å². The smallest absolute Gasteiger partial charge is 0.241 e. The van der Waals surface area contributed by atoms with Crippen LogP contribution in [-0.4, -0.2) is 66.6 Å². The number of nitrogens with one attached hydrogen (secondary N) is 2. The number of ether oxygens (including phenoxy) is 1. The van der Waals surface area contributed by atoms with Crippen LogP contribution < -0.4 is 15.6 Å². The van der Waals surface area contributed by atoms with Gasteiger partial charge in [-0.15, -0.1) is 0 Å². The quantitative estimate of drug-likeness (QED) is 0.841. The lowest BCUT2D eigenvalue weighted by Crippen LogP contribution is -2.62. The molecule has 0 aromatic heterocycles. The molecule has 0 radical (unpaired) electrons. The van der Waals surface area contributed by atoms with E-state index in [0.717, 1.165) is 18.7 Å². The summed E-state index contributed by atoms with van der Waals surface area (Å²) in [5.41, 5.74) is 7.74. The van der Waals surface area contributed by atoms with Crippen LogP contribution in [-0.2, 0) is 4.79 Å². The number of methoxy groups -OCH3 is 1. The lowest BCUT2D eigenvalue weighted by Gasteiger charge is -2.51. The molecule has 6 heteroatoms. The van der Waals surface area contributed by atoms with E-state index in [1.807, 2.05) is 6.07 Å². The van der Waals surface area contributed by atoms with Crippen molar-refractivity contribution in [2.24, 2.45) is 5.92 Å². The van der Waals surface area contributed by atoms with Gasteiger partial charge in [0.05, 0.1) is 13.2 Å². The van der Waals surface area contributed by atoms with E-state index in [4.69, 9.17) is 4.74 Å². The predicted octanol–water partition coefficient (Wildman–Crippen LogP) is 1.34. The first kappa shape index (κ1) is 17.5. The standard InChI is InChI=1S/C21H30N4O2/c1-13-10-18(23-22-13)21(26)25-12-17(15-4-3-5-16(11-15)27-2)20-19(25)14-6-8-24(20)9-7-14/h3-5,11,13-14,17-20,22-23H,6-10,12H2,1-2H3/t13?,17-,18?,19-,20-/m1/s1. The molecule has 5 aliphatic heterocycles. The topological polar surface area (TPSA) is 56.8 Å². The van der Waals surface area contributed by atoms with E-state index in [1.165, 1.54) is 31.5 Å². The first-order chi connectivity index (χ1) is 13.2. The summed E-state index contributed by atoms with van der Waals surface area (Å²) in [4.78, 5) is 18.3. The molecule has 1 aromatic carbocycles. The number of nitrogens with zero attached hydrogens (tertiary/aromatic N) is 2. The van der Waals surface area contributed by atoms with Crippen molar-refractivity contribution in [3.8, 4) is 5.75 Å². The zero-order valence-electron chi connectivity index (χ0n) is 16.2. The molecule has 0 aliphatic carbocycles. The number of piperidine rings is 3. The Bertz CT molecular complexity index is 718. The van der Waals surface area contributed by atoms with Crippen LogP contribution in [0.4, 0.5) is 0 Å². The molecule has 5 heterocycles. The van der Waals surface area contributed by atoms with Crippen molar-refractivity contribution in [3.63, 3.8) is 0 Å². The summed E-state index contributed by atoms with van der Waals surface area (Å²) >= 11 is 0. The normalized spacial score (nSPS) is 40.2. The highest BCUT2D eigenvalue weighted by molar-refractivity contribution is 5.83. The van der Waals surface area contributed by atoms with Gasteiger partial charge in [0.2, 0.25) is 5.91 Å². The highest BCUT2D eigenvalue weighted by atomic mass is 16.5. The number of hydrogen-bond donors (Lipinski definition) is 2. The molecule has 6 nitrogen and oxygen atoms in total. The number of hydrazine groups is 1. The number of carbonyl (C=O) groups is 1. The molecule has 0 saturated carbocycles. The minimum atomic E-state index is -0.0971. The molecule has 2 unspecified atom stereocenters. The van der Waals surface area contributed by atoms with Gasteiger partial charge in [0, 0.05) is 24.5 Å². The van der Waals surface area contributed by atoms with Crippen LogP contribution in [0, 0.1) is 5.92 Å². The second kappa shape index (κ2) is 6.76. The maximum absolute atomic E-state index is 13.4. The lowest BCUT2D eigenvalue weighted by molar-refractivity contribution is -0.138. The second-order valence-electron chi connectivity index (χ2n) is 8.71. The third-order valence-electron chi connectivity index (χ3n) is 7.19. The minimum absolute atomic E-state index is 0.0971. The fraction of sp³-hybridized carbons (Fsp3) is 0.667. The van der Waals surface area contributed by atoms with Crippen molar-refractivity contribution in [1.82, 2.24) is 20.7 Å². The SMILES string of the molecule is COc1cccc([C@H]2CN(C(=O)C3CC(C)NN3)[C@@H]3C4CCN(CC4)[C@H]23)c1. The molecule has 5 fully saturated rings. The molecule has 5 aliphatic rings. The Balaban J connectivity index is 1.47. The summed E-state index contributed by atoms with van der Waals surface area (Å²) in [6, 6.07) is 9.50. The van der Waals surface area contributed by atoms with Crippen molar-refractivity contribution in [2.75, 3.05) is 26.7 Å². The lowest BCUT2D eigenvalue weighted by atomic mass is 9.75. The van der Waals surface area contributed by atoms with E-state index < -0.39 is 0 Å². The minimum Gasteiger partial charge on any atom is -0.497 e. The van der Waals surface area contributed by atoms with Gasteiger partial charge in [0.25, 0.3) is 0 Å². The van der Waals surface area contributed by atoms with Crippen LogP contribution in [0.25, 0.3) is 0 Å². The molecular weight excluding hydrogens is 340 g/mol. The third-order valence-corrected chi connectivity index (χ3v) is 7.19. The molecule has 0 spiro atoms. The van der Waals surface area contributed by atoms with E-state index in [0.29, 0.717) is 30.0 Å². The van der Waals surface area contributed by atoms with Crippen molar-refractivity contribution in [3.05, 3.63) is 29.8 Å². The van der Waals surface area contributed by atoms with E-state index in [-0.39, 0.29) is 11.9 Å². The monoisotopic (exact) mass is 370 g/mol. The zero-order valence-corrected chi connectivity index (χ0v) is 16.2. The molecule has 2 N–H and O–H groups in total. The van der Waals surface area contributed by atoms with Crippen molar-refractivity contribution in [1.29, 1.82) is 0 Å². The molecule has 6 rings (SSSR count). The average molecular weight is 370 g/mol. The molecule has 1 amide bonds. The van der Waals surface area contributed by atoms with Gasteiger partial charge in [-0.2, -0.15) is 0 Å². The van der Waals surface area contributed by atoms with E-state index >= 15 is 0 Å². The van der Waals surface area contributed by atoms with E-state index in [9.17, 15) is 4.79 Å². The summed E-state index contributed by atoms with van der Waals surface area (Å²) in [6.45, 7) is 5.30. The number of benzene rings is 1. The van der Waals surface area contributed by atoms with Gasteiger partial charge >= 0.3 is 0 Å². The number of likely N-dealkylation sites (tertiary alicyclic amines) is 1. The predicted molar refractivity (Wildman–Crippen MR) is 103 cm³/mol. The van der Waals surface area contributed by atoms with Gasteiger partial charge in [0.1, 0.15) is 11.8 Å². The number of amides is 1. The van der Waals surface area contributed by atoms with Crippen LogP contribution >= 0.6 is 0 Å². The Hall–Kier alpha value is -1.63. The first-order valence-electron chi connectivity index (χ1n) is 10.3. The highest BCUT2D eigenvalue weighted by Gasteiger charge is 2.55. The maximum atomic E-state index is 13.4. The maximum Gasteiger partial charge on any atom is 0.241 e. The first-order valence-corrected chi connectivity index (χ1v) is 10.3. The van der Waals surface area contributed by atoms with Gasteiger partial charge < -0.3 is 9.64 Å². The van der Waals surface area contributed by atoms with Crippen LogP contribution in [0.3, 0.4) is 0 Å². The molecule has 27 heavy (non-hydrogen) atoms. The molecule has 5 saturated heterocycles. The van der Waals surface area contributed by atoms with Gasteiger partial charge in [-0.25, -0.2) is 5.43 Å². The number of fused-ring (bicyclic) bond motifs is 2. The Labute approximate surface area is 161 Å². The Kier molecular flexibility index (Phi) is 4.37. The Morgan fingerprint density at radius 2 is 2.00 bits per heavy atom. The zero-order chi connectivity index (χ0) is 18.5. The summed E-state index contributed by atoms with van der Waals surface area (Å²) in [7, 11) is 1.72. The summed E-state index contributed by atoms with van der Waals surface area (Å²) in [5, 5.41) is 0. The number of rotatable bonds is 3. The van der Waals surface area contributed by atoms with Crippen LogP contribution in [0.5, 0.6) is 5.75 Å². The fourth-order valence-electron chi connectivity index (χ4n) is 5.92. The van der Waals surface area contributed by atoms with Crippen LogP contribution in [0.15, 0.2) is 24.3 Å². The summed E-state index contributed by atoms with van der Waals surface area (Å²) in [6.07, 6.45) is 3.32. The van der Waals surface area contributed by atoms with Crippen LogP contribution in [0.2, 0.25) is 0 Å². The Morgan fingerprint density at radius 1 is 1.19 bits per heavy atom. The van der Waals surface area contributed by atoms with Gasteiger partial charge in [-0.1, -0.05) is 12.1 Å². The molecule has 5 atom stereocenters. The van der Waals surface area contributed by atoms with E-state index in [1.54, 1.807) is 7.11 Å². The van der Waals surface area contributed by atoms with E-state index in [2.05, 4.69) is 45.8 Å². The average Bonchev–Trinajstić information content (AvgIpc) is 3.34. The number of hydrogen-bond acceptors (Lipinski definition) is 5. The molecule has 1 aromatic rings. The fourth-order valence-corrected chi connectivity index (χ4v) is 5.92. The molecule has 146 valence electrons. The Morgan fingerprint density at radius 3 is 2.70 bits per heavy atom. The molecule has 2 bridgehead atoms. The van der Waals surface area contributed by atoms with Crippen molar-refractivity contribution >= 4 is 5.91 Å². The highest BCUT2D eigenvalue weighted by Crippen LogP contribution is 2.47.